The summed E-state index contributed by atoms with van der Waals surface area (Å²) in [5.41, 5.74) is 3.65. The number of rotatable bonds is 7. The topological polar surface area (TPSA) is 126 Å². The predicted molar refractivity (Wildman–Crippen MR) is 132 cm³/mol. The number of hydrogen-bond donors (Lipinski definition) is 3. The Labute approximate surface area is 208 Å². The van der Waals surface area contributed by atoms with E-state index in [-0.39, 0.29) is 11.8 Å². The molecule has 0 aliphatic heterocycles. The summed E-state index contributed by atoms with van der Waals surface area (Å²) in [5, 5.41) is 13.7. The smallest absolute Gasteiger partial charge is 0.267 e. The highest BCUT2D eigenvalue weighted by molar-refractivity contribution is 7.09. The molecule has 0 saturated heterocycles. The highest BCUT2D eigenvalue weighted by Gasteiger charge is 2.18. The fourth-order valence-corrected chi connectivity index (χ4v) is 4.08. The van der Waals surface area contributed by atoms with Crippen molar-refractivity contribution in [2.45, 2.75) is 6.54 Å². The maximum Gasteiger partial charge on any atom is 0.267 e. The van der Waals surface area contributed by atoms with Gasteiger partial charge < -0.3 is 20.1 Å². The highest BCUT2D eigenvalue weighted by Crippen LogP contribution is 2.29. The largest absolute Gasteiger partial charge is 0.356 e. The second kappa shape index (κ2) is 9.92. The van der Waals surface area contributed by atoms with Crippen LogP contribution in [0.15, 0.2) is 77.7 Å². The lowest BCUT2D eigenvalue weighted by Crippen LogP contribution is -2.22. The van der Waals surface area contributed by atoms with Gasteiger partial charge in [-0.15, -0.1) is 5.10 Å². The summed E-state index contributed by atoms with van der Waals surface area (Å²) in [4.78, 5) is 29.1. The summed E-state index contributed by atoms with van der Waals surface area (Å²) in [6.07, 6.45) is 4.73. The number of amides is 2. The number of aromatic amines is 1. The van der Waals surface area contributed by atoms with Crippen LogP contribution >= 0.6 is 23.1 Å². The van der Waals surface area contributed by atoms with Crippen LogP contribution in [-0.4, -0.2) is 31.5 Å². The van der Waals surface area contributed by atoms with Gasteiger partial charge in [-0.05, 0) is 46.9 Å². The summed E-state index contributed by atoms with van der Waals surface area (Å²) in [6.45, 7) is 0.359. The van der Waals surface area contributed by atoms with E-state index in [0.29, 0.717) is 39.8 Å². The number of H-pyrrole nitrogens is 1. The van der Waals surface area contributed by atoms with Gasteiger partial charge in [0.05, 0.1) is 17.3 Å². The molecular formula is C24H17ClN6O3S. The lowest BCUT2D eigenvalue weighted by atomic mass is 10.1. The van der Waals surface area contributed by atoms with Crippen molar-refractivity contribution in [2.75, 3.05) is 5.32 Å². The average molecular weight is 505 g/mol. The Morgan fingerprint density at radius 3 is 2.66 bits per heavy atom. The van der Waals surface area contributed by atoms with Crippen molar-refractivity contribution in [3.8, 4) is 21.8 Å². The maximum absolute atomic E-state index is 12.6. The first-order valence-corrected chi connectivity index (χ1v) is 11.6. The molecule has 35 heavy (non-hydrogen) atoms. The predicted octanol–water partition coefficient (Wildman–Crippen LogP) is 5.02. The molecule has 0 spiro atoms. The van der Waals surface area contributed by atoms with E-state index < -0.39 is 0 Å². The third-order valence-corrected chi connectivity index (χ3v) is 6.10. The Bertz CT molecular complexity index is 1480. The molecule has 0 saturated carbocycles. The SMILES string of the molecule is O=C(Nc1cnoc1-c1c[nH]c(C(=O)NCc2ccc(-c3cnns3)cc2)c1)c1cccc(Cl)c1. The number of anilines is 1. The van der Waals surface area contributed by atoms with Crippen LogP contribution in [0.4, 0.5) is 5.69 Å². The van der Waals surface area contributed by atoms with Crippen molar-refractivity contribution in [1.29, 1.82) is 0 Å². The zero-order valence-electron chi connectivity index (χ0n) is 18.0. The monoisotopic (exact) mass is 504 g/mol. The summed E-state index contributed by atoms with van der Waals surface area (Å²) < 4.78 is 9.19. The van der Waals surface area contributed by atoms with Gasteiger partial charge in [0.15, 0.2) is 5.76 Å². The molecule has 3 aromatic heterocycles. The molecule has 174 valence electrons. The second-order valence-corrected chi connectivity index (χ2v) is 8.72. The molecular weight excluding hydrogens is 488 g/mol. The molecule has 0 aliphatic carbocycles. The number of benzene rings is 2. The molecule has 11 heteroatoms. The number of nitrogens with zero attached hydrogens (tertiary/aromatic N) is 3. The first-order valence-electron chi connectivity index (χ1n) is 10.4. The van der Waals surface area contributed by atoms with Gasteiger partial charge in [-0.2, -0.15) is 0 Å². The van der Waals surface area contributed by atoms with Crippen molar-refractivity contribution < 1.29 is 14.1 Å². The Balaban J connectivity index is 1.23. The first kappa shape index (κ1) is 22.5. The van der Waals surface area contributed by atoms with Crippen LogP contribution in [0.2, 0.25) is 5.02 Å². The van der Waals surface area contributed by atoms with E-state index in [9.17, 15) is 9.59 Å². The number of carbonyl (C=O) groups is 2. The van der Waals surface area contributed by atoms with E-state index >= 15 is 0 Å². The molecule has 9 nitrogen and oxygen atoms in total. The van der Waals surface area contributed by atoms with E-state index in [1.54, 1.807) is 42.7 Å². The lowest BCUT2D eigenvalue weighted by Gasteiger charge is -2.05. The highest BCUT2D eigenvalue weighted by atomic mass is 35.5. The molecule has 5 aromatic rings. The van der Waals surface area contributed by atoms with Gasteiger partial charge in [-0.25, -0.2) is 0 Å². The van der Waals surface area contributed by atoms with Crippen LogP contribution < -0.4 is 10.6 Å². The summed E-state index contributed by atoms with van der Waals surface area (Å²) in [6, 6.07) is 16.0. The molecule has 3 N–H and O–H groups in total. The third kappa shape index (κ3) is 5.13. The van der Waals surface area contributed by atoms with Crippen LogP contribution in [0.3, 0.4) is 0 Å². The summed E-state index contributed by atoms with van der Waals surface area (Å²) in [5.74, 6) is -0.317. The van der Waals surface area contributed by atoms with E-state index in [4.69, 9.17) is 16.1 Å². The Kier molecular flexibility index (Phi) is 6.38. The van der Waals surface area contributed by atoms with Gasteiger partial charge in [0.1, 0.15) is 11.4 Å². The Morgan fingerprint density at radius 1 is 1.03 bits per heavy atom. The van der Waals surface area contributed by atoms with Crippen LogP contribution in [-0.2, 0) is 6.54 Å². The van der Waals surface area contributed by atoms with E-state index in [1.807, 2.05) is 24.3 Å². The maximum atomic E-state index is 12.6. The quantitative estimate of drug-likeness (QED) is 0.285. The van der Waals surface area contributed by atoms with Crippen molar-refractivity contribution in [3.63, 3.8) is 0 Å². The van der Waals surface area contributed by atoms with Crippen molar-refractivity contribution in [3.05, 3.63) is 95.0 Å². The number of carbonyl (C=O) groups excluding carboxylic acids is 2. The fourth-order valence-electron chi connectivity index (χ4n) is 3.38. The number of nitrogens with one attached hydrogen (secondary N) is 3. The minimum Gasteiger partial charge on any atom is -0.356 e. The zero-order chi connectivity index (χ0) is 24.2. The fraction of sp³-hybridized carbons (Fsp3) is 0.0417. The standard InChI is InChI=1S/C24H17ClN6O3S/c25-18-3-1-2-16(8-18)23(32)30-20-12-29-34-22(20)17-9-19(26-11-17)24(33)27-10-14-4-6-15(7-5-14)21-13-28-31-35-21/h1-9,11-13,26H,10H2,(H,27,33)(H,30,32). The van der Waals surface area contributed by atoms with E-state index in [0.717, 1.165) is 16.0 Å². The zero-order valence-corrected chi connectivity index (χ0v) is 19.6. The van der Waals surface area contributed by atoms with Crippen LogP contribution in [0, 0.1) is 0 Å². The van der Waals surface area contributed by atoms with Crippen LogP contribution in [0.25, 0.3) is 21.8 Å². The molecule has 0 unspecified atom stereocenters. The Morgan fingerprint density at radius 2 is 1.89 bits per heavy atom. The van der Waals surface area contributed by atoms with E-state index in [2.05, 4.69) is 30.4 Å². The van der Waals surface area contributed by atoms with Gasteiger partial charge in [-0.3, -0.25) is 9.59 Å². The van der Waals surface area contributed by atoms with E-state index in [1.165, 1.54) is 17.7 Å². The minimum atomic E-state index is -0.358. The molecule has 5 rings (SSSR count). The van der Waals surface area contributed by atoms with Crippen LogP contribution in [0.5, 0.6) is 0 Å². The minimum absolute atomic E-state index is 0.281. The van der Waals surface area contributed by atoms with Gasteiger partial charge in [0, 0.05) is 28.9 Å². The van der Waals surface area contributed by atoms with Crippen LogP contribution in [0.1, 0.15) is 26.4 Å². The molecule has 0 aliphatic rings. The van der Waals surface area contributed by atoms with Gasteiger partial charge in [0.25, 0.3) is 11.8 Å². The van der Waals surface area contributed by atoms with Gasteiger partial charge in [-0.1, -0.05) is 51.6 Å². The van der Waals surface area contributed by atoms with Crippen molar-refractivity contribution >= 4 is 40.6 Å². The number of aromatic nitrogens is 4. The molecule has 0 radical (unpaired) electrons. The molecule has 2 aromatic carbocycles. The Hall–Kier alpha value is -4.28. The molecule has 0 fully saturated rings. The molecule has 0 bridgehead atoms. The normalized spacial score (nSPS) is 10.8. The lowest BCUT2D eigenvalue weighted by molar-refractivity contribution is 0.0945. The average Bonchev–Trinajstić information content (AvgIpc) is 3.65. The molecule has 2 amide bonds. The van der Waals surface area contributed by atoms with Gasteiger partial charge in [0.2, 0.25) is 0 Å². The molecule has 0 atom stereocenters. The third-order valence-electron chi connectivity index (χ3n) is 5.15. The molecule has 3 heterocycles. The van der Waals surface area contributed by atoms with Crippen molar-refractivity contribution in [2.24, 2.45) is 0 Å². The summed E-state index contributed by atoms with van der Waals surface area (Å²) >= 11 is 7.29. The second-order valence-electron chi connectivity index (χ2n) is 7.50. The number of halogens is 1. The van der Waals surface area contributed by atoms with Crippen molar-refractivity contribution in [1.82, 2.24) is 25.0 Å². The number of hydrogen-bond acceptors (Lipinski definition) is 7. The summed E-state index contributed by atoms with van der Waals surface area (Å²) in [7, 11) is 0. The first-order chi connectivity index (χ1) is 17.1. The van der Waals surface area contributed by atoms with Gasteiger partial charge >= 0.3 is 0 Å².